The van der Waals surface area contributed by atoms with Crippen LogP contribution in [-0.2, 0) is 10.1 Å². The Labute approximate surface area is 85.8 Å². The summed E-state index contributed by atoms with van der Waals surface area (Å²) in [4.78, 5) is 3.39. The molecule has 78 valence electrons. The lowest BCUT2D eigenvalue weighted by Crippen LogP contribution is -1.99. The fourth-order valence-electron chi connectivity index (χ4n) is 1.34. The largest absolute Gasteiger partial charge is 0.493 e. The maximum absolute atomic E-state index is 11.0. The van der Waals surface area contributed by atoms with Crippen LogP contribution in [0.1, 0.15) is 0 Å². The molecule has 1 heterocycles. The molecule has 0 bridgehead atoms. The molecule has 0 atom stereocenters. The van der Waals surface area contributed by atoms with E-state index in [1.165, 1.54) is 6.07 Å². The number of aromatic hydroxyl groups is 1. The number of hydrogen-bond donors (Lipinski definition) is 2. The van der Waals surface area contributed by atoms with E-state index >= 15 is 0 Å². The summed E-state index contributed by atoms with van der Waals surface area (Å²) in [5, 5.41) is 9.46. The van der Waals surface area contributed by atoms with Crippen LogP contribution in [0, 0.1) is 0 Å². The molecule has 15 heavy (non-hydrogen) atoms. The van der Waals surface area contributed by atoms with Crippen molar-refractivity contribution in [2.45, 2.75) is 4.90 Å². The zero-order valence-corrected chi connectivity index (χ0v) is 8.27. The molecule has 2 aromatic rings. The van der Waals surface area contributed by atoms with E-state index in [0.29, 0.717) is 5.52 Å². The molecule has 0 amide bonds. The van der Waals surface area contributed by atoms with Crippen LogP contribution < -0.4 is 0 Å². The van der Waals surface area contributed by atoms with Gasteiger partial charge in [-0.05, 0) is 6.07 Å². The lowest BCUT2D eigenvalue weighted by molar-refractivity contribution is 0.450. The topological polar surface area (TPSA) is 87.5 Å². The third-order valence-electron chi connectivity index (χ3n) is 1.94. The van der Waals surface area contributed by atoms with Gasteiger partial charge in [0.2, 0.25) is 5.88 Å². The molecule has 0 saturated carbocycles. The minimum absolute atomic E-state index is 0.276. The number of pyridine rings is 1. The van der Waals surface area contributed by atoms with Crippen molar-refractivity contribution in [2.24, 2.45) is 0 Å². The van der Waals surface area contributed by atoms with Crippen molar-refractivity contribution in [2.75, 3.05) is 0 Å². The summed E-state index contributed by atoms with van der Waals surface area (Å²) in [6, 6.07) is 7.24. The summed E-state index contributed by atoms with van der Waals surface area (Å²) in [6.45, 7) is 0. The molecule has 2 N–H and O–H groups in total. The van der Waals surface area contributed by atoms with Crippen molar-refractivity contribution >= 4 is 21.0 Å². The summed E-state index contributed by atoms with van der Waals surface area (Å²) in [6.07, 6.45) is 0. The fraction of sp³-hybridized carbons (Fsp3) is 0. The zero-order chi connectivity index (χ0) is 11.1. The second kappa shape index (κ2) is 3.18. The van der Waals surface area contributed by atoms with E-state index in [-0.39, 0.29) is 10.3 Å². The maximum atomic E-state index is 11.0. The van der Waals surface area contributed by atoms with E-state index in [2.05, 4.69) is 4.98 Å². The molecule has 1 aromatic carbocycles. The van der Waals surface area contributed by atoms with Gasteiger partial charge in [0.15, 0.2) is 0 Å². The van der Waals surface area contributed by atoms with Crippen LogP contribution in [0.3, 0.4) is 0 Å². The van der Waals surface area contributed by atoms with E-state index < -0.39 is 16.0 Å². The monoisotopic (exact) mass is 225 g/mol. The van der Waals surface area contributed by atoms with Gasteiger partial charge in [0.05, 0.1) is 5.52 Å². The first-order valence-corrected chi connectivity index (χ1v) is 5.49. The van der Waals surface area contributed by atoms with Gasteiger partial charge in [0, 0.05) is 11.5 Å². The third-order valence-corrected chi connectivity index (χ3v) is 2.84. The third kappa shape index (κ3) is 1.77. The van der Waals surface area contributed by atoms with Crippen LogP contribution in [0.5, 0.6) is 5.88 Å². The number of fused-ring (bicyclic) bond motifs is 1. The van der Waals surface area contributed by atoms with Crippen molar-refractivity contribution in [1.29, 1.82) is 0 Å². The number of rotatable bonds is 1. The van der Waals surface area contributed by atoms with Crippen LogP contribution in [0.2, 0.25) is 0 Å². The normalized spacial score (nSPS) is 11.8. The average Bonchev–Trinajstić information content (AvgIpc) is 2.15. The zero-order valence-electron chi connectivity index (χ0n) is 7.45. The lowest BCUT2D eigenvalue weighted by Gasteiger charge is -2.03. The molecule has 0 spiro atoms. The average molecular weight is 225 g/mol. The Bertz CT molecular complexity index is 621. The summed E-state index contributed by atoms with van der Waals surface area (Å²) >= 11 is 0. The van der Waals surface area contributed by atoms with Gasteiger partial charge in [0.25, 0.3) is 10.1 Å². The number of hydrogen-bond acceptors (Lipinski definition) is 4. The summed E-state index contributed by atoms with van der Waals surface area (Å²) in [7, 11) is -4.35. The molecule has 0 aliphatic rings. The maximum Gasteiger partial charge on any atom is 0.295 e. The first kappa shape index (κ1) is 9.88. The predicted molar refractivity (Wildman–Crippen MR) is 53.2 cm³/mol. The molecule has 5 nitrogen and oxygen atoms in total. The smallest absolute Gasteiger partial charge is 0.295 e. The Hall–Kier alpha value is -1.66. The first-order valence-electron chi connectivity index (χ1n) is 4.05. The quantitative estimate of drug-likeness (QED) is 0.712. The van der Waals surface area contributed by atoms with E-state index in [1.807, 2.05) is 0 Å². The van der Waals surface area contributed by atoms with Crippen LogP contribution in [0.15, 0.2) is 35.2 Å². The van der Waals surface area contributed by atoms with Crippen molar-refractivity contribution in [3.05, 3.63) is 30.3 Å². The van der Waals surface area contributed by atoms with Crippen LogP contribution >= 0.6 is 0 Å². The van der Waals surface area contributed by atoms with Crippen molar-refractivity contribution in [3.8, 4) is 5.88 Å². The standard InChI is InChI=1S/C9H7NO4S/c11-9-5-8(15(12,13)14)6-3-1-2-4-7(6)10-9/h1-5H,(H,10,11)(H,12,13,14). The highest BCUT2D eigenvalue weighted by Crippen LogP contribution is 2.24. The Morgan fingerprint density at radius 3 is 2.53 bits per heavy atom. The Morgan fingerprint density at radius 1 is 1.20 bits per heavy atom. The second-order valence-corrected chi connectivity index (χ2v) is 4.36. The van der Waals surface area contributed by atoms with Crippen LogP contribution in [0.4, 0.5) is 0 Å². The molecule has 0 aliphatic heterocycles. The minimum Gasteiger partial charge on any atom is -0.493 e. The highest BCUT2D eigenvalue weighted by molar-refractivity contribution is 7.86. The molecular formula is C9H7NO4S. The van der Waals surface area contributed by atoms with Gasteiger partial charge in [-0.25, -0.2) is 4.98 Å². The Balaban J connectivity index is 2.96. The summed E-state index contributed by atoms with van der Waals surface area (Å²) in [5.41, 5.74) is 0.310. The second-order valence-electron chi connectivity index (χ2n) is 2.97. The molecule has 2 rings (SSSR count). The van der Waals surface area contributed by atoms with Crippen LogP contribution in [0.25, 0.3) is 10.9 Å². The van der Waals surface area contributed by atoms with Gasteiger partial charge < -0.3 is 5.11 Å². The van der Waals surface area contributed by atoms with Gasteiger partial charge in [-0.2, -0.15) is 8.42 Å². The van der Waals surface area contributed by atoms with Crippen LogP contribution in [-0.4, -0.2) is 23.1 Å². The van der Waals surface area contributed by atoms with E-state index in [9.17, 15) is 13.5 Å². The van der Waals surface area contributed by atoms with Crippen molar-refractivity contribution in [3.63, 3.8) is 0 Å². The molecule has 0 saturated heterocycles. The van der Waals surface area contributed by atoms with Gasteiger partial charge in [0.1, 0.15) is 4.90 Å². The molecule has 0 radical (unpaired) electrons. The molecule has 0 unspecified atom stereocenters. The summed E-state index contributed by atoms with van der Waals surface area (Å²) < 4.78 is 31.0. The van der Waals surface area contributed by atoms with E-state index in [4.69, 9.17) is 4.55 Å². The fourth-order valence-corrected chi connectivity index (χ4v) is 2.05. The number of nitrogens with zero attached hydrogens (tertiary/aromatic N) is 1. The molecule has 0 fully saturated rings. The highest BCUT2D eigenvalue weighted by atomic mass is 32.2. The lowest BCUT2D eigenvalue weighted by atomic mass is 10.2. The molecule has 6 heteroatoms. The number of para-hydroxylation sites is 1. The SMILES string of the molecule is O=S(=O)(O)c1cc(O)nc2ccccc12. The van der Waals surface area contributed by atoms with Gasteiger partial charge in [-0.15, -0.1) is 0 Å². The highest BCUT2D eigenvalue weighted by Gasteiger charge is 2.15. The van der Waals surface area contributed by atoms with Crippen molar-refractivity contribution < 1.29 is 18.1 Å². The molecule has 0 aliphatic carbocycles. The Kier molecular flexibility index (Phi) is 2.09. The molecular weight excluding hydrogens is 218 g/mol. The van der Waals surface area contributed by atoms with E-state index in [1.54, 1.807) is 18.2 Å². The predicted octanol–water partition coefficient (Wildman–Crippen LogP) is 1.19. The number of benzene rings is 1. The Morgan fingerprint density at radius 2 is 1.87 bits per heavy atom. The van der Waals surface area contributed by atoms with Crippen molar-refractivity contribution in [1.82, 2.24) is 4.98 Å². The van der Waals surface area contributed by atoms with Gasteiger partial charge >= 0.3 is 0 Å². The molecule has 1 aromatic heterocycles. The van der Waals surface area contributed by atoms with E-state index in [0.717, 1.165) is 6.07 Å². The van der Waals surface area contributed by atoms with Gasteiger partial charge in [-0.1, -0.05) is 18.2 Å². The first-order chi connectivity index (χ1) is 6.98. The summed E-state index contributed by atoms with van der Waals surface area (Å²) in [5.74, 6) is -0.443. The minimum atomic E-state index is -4.35. The number of aromatic nitrogens is 1. The van der Waals surface area contributed by atoms with Gasteiger partial charge in [-0.3, -0.25) is 4.55 Å².